The molecule has 31 heavy (non-hydrogen) atoms. The van der Waals surface area contributed by atoms with E-state index in [-0.39, 0.29) is 12.0 Å². The number of hydrogen-bond donors (Lipinski definition) is 1. The van der Waals surface area contributed by atoms with E-state index in [1.807, 2.05) is 18.3 Å². The zero-order chi connectivity index (χ0) is 21.2. The van der Waals surface area contributed by atoms with Crippen LogP contribution in [0.25, 0.3) is 22.3 Å². The number of nitrogens with one attached hydrogen (secondary N) is 1. The lowest BCUT2D eigenvalue weighted by Gasteiger charge is -2.35. The third kappa shape index (κ3) is 3.77. The molecule has 7 heteroatoms. The summed E-state index contributed by atoms with van der Waals surface area (Å²) >= 11 is 0. The first-order valence-corrected chi connectivity index (χ1v) is 11.3. The Kier molecular flexibility index (Phi) is 5.56. The highest BCUT2D eigenvalue weighted by Crippen LogP contribution is 2.40. The summed E-state index contributed by atoms with van der Waals surface area (Å²) in [5.74, 6) is 1.16. The van der Waals surface area contributed by atoms with Crippen molar-refractivity contribution in [1.82, 2.24) is 20.2 Å². The van der Waals surface area contributed by atoms with E-state index in [1.54, 1.807) is 6.20 Å². The second-order valence-electron chi connectivity index (χ2n) is 8.72. The quantitative estimate of drug-likeness (QED) is 0.676. The van der Waals surface area contributed by atoms with Gasteiger partial charge in [-0.15, -0.1) is 0 Å². The number of anilines is 1. The highest BCUT2D eigenvalue weighted by atomic mass is 16.5. The Labute approximate surface area is 182 Å². The summed E-state index contributed by atoms with van der Waals surface area (Å²) in [7, 11) is 0. The first kappa shape index (κ1) is 20.0. The minimum Gasteiger partial charge on any atom is -0.377 e. The van der Waals surface area contributed by atoms with Gasteiger partial charge in [0.15, 0.2) is 0 Å². The molecule has 160 valence electrons. The van der Waals surface area contributed by atoms with Gasteiger partial charge in [0.25, 0.3) is 0 Å². The molecule has 1 N–H and O–H groups in total. The average molecular weight is 417 g/mol. The molecule has 4 heterocycles. The molecule has 0 amide bonds. The minimum absolute atomic E-state index is 0.141. The first-order chi connectivity index (χ1) is 15.3. The van der Waals surface area contributed by atoms with Gasteiger partial charge in [-0.1, -0.05) is 19.3 Å². The van der Waals surface area contributed by atoms with Crippen LogP contribution >= 0.6 is 0 Å². The maximum atomic E-state index is 10.3. The number of pyridine rings is 2. The maximum Gasteiger partial charge on any atom is 0.130 e. The molecule has 1 saturated carbocycles. The molecule has 5 rings (SSSR count). The van der Waals surface area contributed by atoms with Crippen molar-refractivity contribution in [2.24, 2.45) is 5.92 Å². The summed E-state index contributed by atoms with van der Waals surface area (Å²) in [4.78, 5) is 12.0. The molecule has 1 unspecified atom stereocenters. The normalized spacial score (nSPS) is 21.2. The predicted molar refractivity (Wildman–Crippen MR) is 120 cm³/mol. The van der Waals surface area contributed by atoms with Crippen molar-refractivity contribution in [1.29, 1.82) is 5.26 Å². The standard InChI is InChI=1S/C24H28N6O/c1-16-15-31-12-11-30(16)22-13-19(20(14-25)17-5-3-2-4-6-17)18-7-9-26-24(23(18)28-22)21-8-10-27-29-21/h7-10,13,16-17,20H,2-6,11-12,15H2,1H3,(H,27,29)/t16-,20?/m1/s1. The molecular weight excluding hydrogens is 388 g/mol. The van der Waals surface area contributed by atoms with E-state index in [0.717, 1.165) is 53.1 Å². The lowest BCUT2D eigenvalue weighted by Crippen LogP contribution is -2.44. The Hall–Kier alpha value is -2.98. The zero-order valence-corrected chi connectivity index (χ0v) is 17.9. The molecule has 0 aromatic carbocycles. The van der Waals surface area contributed by atoms with E-state index in [1.165, 1.54) is 19.3 Å². The van der Waals surface area contributed by atoms with Gasteiger partial charge in [0, 0.05) is 24.3 Å². The van der Waals surface area contributed by atoms with Crippen LogP contribution in [0.1, 0.15) is 50.5 Å². The van der Waals surface area contributed by atoms with Gasteiger partial charge in [-0.05, 0) is 49.4 Å². The number of H-pyrrole nitrogens is 1. The third-order valence-electron chi connectivity index (χ3n) is 6.76. The Morgan fingerprint density at radius 1 is 1.23 bits per heavy atom. The number of ether oxygens (including phenoxy) is 1. The molecule has 3 aromatic heterocycles. The molecule has 0 bridgehead atoms. The van der Waals surface area contributed by atoms with E-state index in [2.05, 4.69) is 39.1 Å². The number of aromatic amines is 1. The number of nitrogens with zero attached hydrogens (tertiary/aromatic N) is 5. The minimum atomic E-state index is -0.141. The lowest BCUT2D eigenvalue weighted by atomic mass is 9.76. The molecule has 1 aliphatic heterocycles. The fourth-order valence-corrected chi connectivity index (χ4v) is 5.12. The van der Waals surface area contributed by atoms with E-state index in [4.69, 9.17) is 9.72 Å². The van der Waals surface area contributed by atoms with E-state index >= 15 is 0 Å². The maximum absolute atomic E-state index is 10.3. The van der Waals surface area contributed by atoms with Crippen molar-refractivity contribution in [3.8, 4) is 17.5 Å². The van der Waals surface area contributed by atoms with E-state index in [0.29, 0.717) is 19.1 Å². The summed E-state index contributed by atoms with van der Waals surface area (Å²) in [6, 6.07) is 8.97. The van der Waals surface area contributed by atoms with Crippen molar-refractivity contribution in [2.75, 3.05) is 24.7 Å². The van der Waals surface area contributed by atoms with Crippen LogP contribution in [0.3, 0.4) is 0 Å². The predicted octanol–water partition coefficient (Wildman–Crippen LogP) is 4.43. The Morgan fingerprint density at radius 3 is 2.84 bits per heavy atom. The summed E-state index contributed by atoms with van der Waals surface area (Å²) in [5, 5.41) is 18.4. The molecular formula is C24H28N6O. The Balaban J connectivity index is 1.71. The highest BCUT2D eigenvalue weighted by Gasteiger charge is 2.29. The van der Waals surface area contributed by atoms with Gasteiger partial charge in [0.1, 0.15) is 17.0 Å². The summed E-state index contributed by atoms with van der Waals surface area (Å²) in [6.07, 6.45) is 9.46. The monoisotopic (exact) mass is 416 g/mol. The van der Waals surface area contributed by atoms with E-state index in [9.17, 15) is 5.26 Å². The van der Waals surface area contributed by atoms with Crippen molar-refractivity contribution in [3.05, 3.63) is 36.2 Å². The van der Waals surface area contributed by atoms with Crippen molar-refractivity contribution < 1.29 is 4.74 Å². The first-order valence-electron chi connectivity index (χ1n) is 11.3. The van der Waals surface area contributed by atoms with Gasteiger partial charge >= 0.3 is 0 Å². The van der Waals surface area contributed by atoms with Gasteiger partial charge < -0.3 is 9.64 Å². The number of hydrogen-bond acceptors (Lipinski definition) is 6. The van der Waals surface area contributed by atoms with Crippen molar-refractivity contribution in [2.45, 2.75) is 51.0 Å². The van der Waals surface area contributed by atoms with Gasteiger partial charge in [-0.3, -0.25) is 10.1 Å². The number of morpholine rings is 1. The molecule has 2 fully saturated rings. The van der Waals surface area contributed by atoms with Crippen LogP contribution in [0.4, 0.5) is 5.82 Å². The average Bonchev–Trinajstić information content (AvgIpc) is 3.35. The van der Waals surface area contributed by atoms with Crippen LogP contribution in [-0.4, -0.2) is 46.0 Å². The lowest BCUT2D eigenvalue weighted by molar-refractivity contribution is 0.0985. The molecule has 7 nitrogen and oxygen atoms in total. The second-order valence-corrected chi connectivity index (χ2v) is 8.72. The van der Waals surface area contributed by atoms with Crippen LogP contribution in [0.2, 0.25) is 0 Å². The summed E-state index contributed by atoms with van der Waals surface area (Å²) < 4.78 is 5.65. The molecule has 1 saturated heterocycles. The zero-order valence-electron chi connectivity index (χ0n) is 17.9. The largest absolute Gasteiger partial charge is 0.377 e. The molecule has 1 aliphatic carbocycles. The van der Waals surface area contributed by atoms with Crippen LogP contribution in [0.5, 0.6) is 0 Å². The number of aromatic nitrogens is 4. The Morgan fingerprint density at radius 2 is 2.10 bits per heavy atom. The molecule has 0 spiro atoms. The van der Waals surface area contributed by atoms with Gasteiger partial charge in [-0.25, -0.2) is 4.98 Å². The molecule has 0 radical (unpaired) electrons. The Bertz CT molecular complexity index is 1080. The molecule has 2 aliphatic rings. The van der Waals surface area contributed by atoms with Crippen LogP contribution in [0.15, 0.2) is 30.6 Å². The fourth-order valence-electron chi connectivity index (χ4n) is 5.12. The SMILES string of the molecule is C[C@@H]1COCCN1c1cc(C(C#N)C2CCCCC2)c2ccnc(-c3ccn[nH]3)c2n1. The number of rotatable bonds is 4. The number of fused-ring (bicyclic) bond motifs is 1. The third-order valence-corrected chi connectivity index (χ3v) is 6.76. The topological polar surface area (TPSA) is 90.7 Å². The van der Waals surface area contributed by atoms with Crippen molar-refractivity contribution >= 4 is 16.7 Å². The van der Waals surface area contributed by atoms with Gasteiger partial charge in [-0.2, -0.15) is 10.4 Å². The summed E-state index contributed by atoms with van der Waals surface area (Å²) in [6.45, 7) is 4.32. The van der Waals surface area contributed by atoms with Gasteiger partial charge in [0.2, 0.25) is 0 Å². The second kappa shape index (κ2) is 8.64. The van der Waals surface area contributed by atoms with Crippen LogP contribution < -0.4 is 4.90 Å². The van der Waals surface area contributed by atoms with Crippen molar-refractivity contribution in [3.63, 3.8) is 0 Å². The molecule has 3 aromatic rings. The van der Waals surface area contributed by atoms with Gasteiger partial charge in [0.05, 0.1) is 36.9 Å². The van der Waals surface area contributed by atoms with Crippen LogP contribution in [-0.2, 0) is 4.74 Å². The number of nitriles is 1. The highest BCUT2D eigenvalue weighted by molar-refractivity contribution is 5.94. The van der Waals surface area contributed by atoms with Crippen LogP contribution in [0, 0.1) is 17.2 Å². The smallest absolute Gasteiger partial charge is 0.130 e. The summed E-state index contributed by atoms with van der Waals surface area (Å²) in [5.41, 5.74) is 3.52. The fraction of sp³-hybridized carbons (Fsp3) is 0.500. The van der Waals surface area contributed by atoms with E-state index < -0.39 is 0 Å². The molecule has 2 atom stereocenters.